The van der Waals surface area contributed by atoms with Gasteiger partial charge in [0.1, 0.15) is 12.0 Å². The van der Waals surface area contributed by atoms with Crippen LogP contribution in [0.4, 0.5) is 0 Å². The molecule has 0 saturated carbocycles. The van der Waals surface area contributed by atoms with Gasteiger partial charge in [0, 0.05) is 23.6 Å². The van der Waals surface area contributed by atoms with Gasteiger partial charge in [0.2, 0.25) is 0 Å². The van der Waals surface area contributed by atoms with Crippen molar-refractivity contribution in [2.24, 2.45) is 0 Å². The summed E-state index contributed by atoms with van der Waals surface area (Å²) in [5.41, 5.74) is 1.55. The van der Waals surface area contributed by atoms with Gasteiger partial charge in [-0.1, -0.05) is 46.3 Å². The van der Waals surface area contributed by atoms with Gasteiger partial charge in [-0.3, -0.25) is 9.59 Å². The summed E-state index contributed by atoms with van der Waals surface area (Å²) in [6.07, 6.45) is 0.744. The SMILES string of the molecule is CN(Cc1ccccc1Br)C(=O)COc1cccc(C=O)c1. The molecule has 2 rings (SSSR count). The zero-order valence-electron chi connectivity index (χ0n) is 12.2. The van der Waals surface area contributed by atoms with Crippen LogP contribution < -0.4 is 4.74 Å². The highest BCUT2D eigenvalue weighted by molar-refractivity contribution is 9.10. The summed E-state index contributed by atoms with van der Waals surface area (Å²) < 4.78 is 6.40. The lowest BCUT2D eigenvalue weighted by atomic mass is 10.2. The van der Waals surface area contributed by atoms with E-state index in [2.05, 4.69) is 15.9 Å². The van der Waals surface area contributed by atoms with Gasteiger partial charge < -0.3 is 9.64 Å². The Morgan fingerprint density at radius 1 is 1.23 bits per heavy atom. The van der Waals surface area contributed by atoms with E-state index in [0.29, 0.717) is 17.9 Å². The molecule has 5 heteroatoms. The molecule has 0 heterocycles. The molecule has 22 heavy (non-hydrogen) atoms. The van der Waals surface area contributed by atoms with Gasteiger partial charge in [0.25, 0.3) is 5.91 Å². The average molecular weight is 362 g/mol. The molecule has 2 aromatic carbocycles. The maximum atomic E-state index is 12.1. The maximum absolute atomic E-state index is 12.1. The number of aldehydes is 1. The zero-order chi connectivity index (χ0) is 15.9. The summed E-state index contributed by atoms with van der Waals surface area (Å²) in [4.78, 5) is 24.4. The van der Waals surface area contributed by atoms with E-state index in [9.17, 15) is 9.59 Å². The fourth-order valence-electron chi connectivity index (χ4n) is 1.90. The molecule has 0 bridgehead atoms. The number of ether oxygens (including phenoxy) is 1. The number of carbonyl (C=O) groups excluding carboxylic acids is 2. The summed E-state index contributed by atoms with van der Waals surface area (Å²) in [6, 6.07) is 14.5. The van der Waals surface area contributed by atoms with Crippen LogP contribution in [-0.2, 0) is 11.3 Å². The fourth-order valence-corrected chi connectivity index (χ4v) is 2.31. The third-order valence-electron chi connectivity index (χ3n) is 3.15. The van der Waals surface area contributed by atoms with E-state index < -0.39 is 0 Å². The lowest BCUT2D eigenvalue weighted by Crippen LogP contribution is -2.31. The number of carbonyl (C=O) groups is 2. The minimum atomic E-state index is -0.132. The van der Waals surface area contributed by atoms with Gasteiger partial charge in [-0.2, -0.15) is 0 Å². The number of hydrogen-bond donors (Lipinski definition) is 0. The first-order valence-electron chi connectivity index (χ1n) is 6.75. The molecule has 1 amide bonds. The number of benzene rings is 2. The first-order chi connectivity index (χ1) is 10.6. The zero-order valence-corrected chi connectivity index (χ0v) is 13.7. The summed E-state index contributed by atoms with van der Waals surface area (Å²) in [6.45, 7) is 0.432. The first-order valence-corrected chi connectivity index (χ1v) is 7.55. The summed E-state index contributed by atoms with van der Waals surface area (Å²) >= 11 is 3.46. The maximum Gasteiger partial charge on any atom is 0.260 e. The van der Waals surface area contributed by atoms with Gasteiger partial charge in [-0.25, -0.2) is 0 Å². The van der Waals surface area contributed by atoms with Crippen LogP contribution in [-0.4, -0.2) is 30.7 Å². The Morgan fingerprint density at radius 2 is 2.00 bits per heavy atom. The Balaban J connectivity index is 1.91. The third-order valence-corrected chi connectivity index (χ3v) is 3.92. The van der Waals surface area contributed by atoms with Crippen LogP contribution in [0.25, 0.3) is 0 Å². The monoisotopic (exact) mass is 361 g/mol. The molecule has 0 saturated heterocycles. The van der Waals surface area contributed by atoms with E-state index in [1.165, 1.54) is 0 Å². The van der Waals surface area contributed by atoms with Crippen LogP contribution in [0, 0.1) is 0 Å². The summed E-state index contributed by atoms with van der Waals surface area (Å²) in [5.74, 6) is 0.375. The van der Waals surface area contributed by atoms with E-state index in [0.717, 1.165) is 16.3 Å². The molecule has 114 valence electrons. The van der Waals surface area contributed by atoms with Gasteiger partial charge in [-0.15, -0.1) is 0 Å². The van der Waals surface area contributed by atoms with Crippen LogP contribution in [0.5, 0.6) is 5.75 Å². The van der Waals surface area contributed by atoms with Crippen molar-refractivity contribution in [3.05, 3.63) is 64.1 Å². The minimum Gasteiger partial charge on any atom is -0.484 e. The van der Waals surface area contributed by atoms with E-state index in [4.69, 9.17) is 4.74 Å². The van der Waals surface area contributed by atoms with E-state index in [1.54, 1.807) is 36.2 Å². The smallest absolute Gasteiger partial charge is 0.260 e. The molecule has 0 spiro atoms. The molecule has 0 aliphatic rings. The van der Waals surface area contributed by atoms with Crippen LogP contribution in [0.1, 0.15) is 15.9 Å². The number of halogens is 1. The van der Waals surface area contributed by atoms with Crippen molar-refractivity contribution in [3.63, 3.8) is 0 Å². The Hall–Kier alpha value is -2.14. The highest BCUT2D eigenvalue weighted by Crippen LogP contribution is 2.17. The lowest BCUT2D eigenvalue weighted by Gasteiger charge is -2.18. The molecule has 0 aromatic heterocycles. The second-order valence-electron chi connectivity index (χ2n) is 4.82. The lowest BCUT2D eigenvalue weighted by molar-refractivity contribution is -0.132. The molecule has 0 aliphatic heterocycles. The van der Waals surface area contributed by atoms with Crippen LogP contribution in [0.3, 0.4) is 0 Å². The van der Waals surface area contributed by atoms with Gasteiger partial charge >= 0.3 is 0 Å². The standard InChI is InChI=1S/C17H16BrNO3/c1-19(10-14-6-2-3-8-16(14)18)17(21)12-22-15-7-4-5-13(9-15)11-20/h2-9,11H,10,12H2,1H3. The molecule has 0 aliphatic carbocycles. The molecular weight excluding hydrogens is 346 g/mol. The van der Waals surface area contributed by atoms with Crippen molar-refractivity contribution >= 4 is 28.1 Å². The predicted octanol–water partition coefficient (Wildman–Crippen LogP) is 3.30. The summed E-state index contributed by atoms with van der Waals surface area (Å²) in [5, 5.41) is 0. The first kappa shape index (κ1) is 16.2. The second-order valence-corrected chi connectivity index (χ2v) is 5.67. The van der Waals surface area contributed by atoms with Gasteiger partial charge in [-0.05, 0) is 23.8 Å². The predicted molar refractivity (Wildman–Crippen MR) is 87.9 cm³/mol. The molecule has 0 unspecified atom stereocenters. The van der Waals surface area contributed by atoms with Crippen molar-refractivity contribution in [1.82, 2.24) is 4.90 Å². The van der Waals surface area contributed by atoms with Crippen molar-refractivity contribution in [2.45, 2.75) is 6.54 Å². The van der Waals surface area contributed by atoms with Gasteiger partial charge in [0.15, 0.2) is 6.61 Å². The van der Waals surface area contributed by atoms with Crippen molar-refractivity contribution in [1.29, 1.82) is 0 Å². The molecule has 4 nitrogen and oxygen atoms in total. The Kier molecular flexibility index (Phi) is 5.72. The third kappa shape index (κ3) is 4.43. The van der Waals surface area contributed by atoms with Gasteiger partial charge in [0.05, 0.1) is 0 Å². The minimum absolute atomic E-state index is 0.0662. The summed E-state index contributed by atoms with van der Waals surface area (Å²) in [7, 11) is 1.73. The highest BCUT2D eigenvalue weighted by Gasteiger charge is 2.11. The van der Waals surface area contributed by atoms with Crippen molar-refractivity contribution < 1.29 is 14.3 Å². The topological polar surface area (TPSA) is 46.6 Å². The largest absolute Gasteiger partial charge is 0.484 e. The molecular formula is C17H16BrNO3. The van der Waals surface area contributed by atoms with E-state index in [1.807, 2.05) is 24.3 Å². The van der Waals surface area contributed by atoms with E-state index >= 15 is 0 Å². The number of amides is 1. The molecule has 0 fully saturated rings. The van der Waals surface area contributed by atoms with Crippen molar-refractivity contribution in [2.75, 3.05) is 13.7 Å². The van der Waals surface area contributed by atoms with E-state index in [-0.39, 0.29) is 12.5 Å². The van der Waals surface area contributed by atoms with Crippen LogP contribution >= 0.6 is 15.9 Å². The Morgan fingerprint density at radius 3 is 2.73 bits per heavy atom. The normalized spacial score (nSPS) is 10.1. The van der Waals surface area contributed by atoms with Crippen LogP contribution in [0.15, 0.2) is 53.0 Å². The van der Waals surface area contributed by atoms with Crippen molar-refractivity contribution in [3.8, 4) is 5.75 Å². The fraction of sp³-hybridized carbons (Fsp3) is 0.176. The second kappa shape index (κ2) is 7.75. The average Bonchev–Trinajstić information content (AvgIpc) is 2.54. The number of nitrogens with zero attached hydrogens (tertiary/aromatic N) is 1. The molecule has 0 radical (unpaired) electrons. The van der Waals surface area contributed by atoms with Crippen LogP contribution in [0.2, 0.25) is 0 Å². The molecule has 0 atom stereocenters. The number of rotatable bonds is 6. The highest BCUT2D eigenvalue weighted by atomic mass is 79.9. The quantitative estimate of drug-likeness (QED) is 0.741. The Bertz CT molecular complexity index is 672. The molecule has 2 aromatic rings. The number of likely N-dealkylation sites (N-methyl/N-ethyl adjacent to an activating group) is 1. The number of hydrogen-bond acceptors (Lipinski definition) is 3. The molecule has 0 N–H and O–H groups in total. The Labute approximate surface area is 137 Å².